The fourth-order valence-corrected chi connectivity index (χ4v) is 1.53. The van der Waals surface area contributed by atoms with Gasteiger partial charge >= 0.3 is 0 Å². The van der Waals surface area contributed by atoms with Gasteiger partial charge < -0.3 is 20.1 Å². The Kier molecular flexibility index (Phi) is 2.85. The summed E-state index contributed by atoms with van der Waals surface area (Å²) in [6, 6.07) is 0. The Labute approximate surface area is 84.8 Å². The lowest BCUT2D eigenvalue weighted by atomic mass is 9.75. The van der Waals surface area contributed by atoms with Gasteiger partial charge in [0.05, 0.1) is 0 Å². The standard InChI is InChI=1S/C9H10O6/c10-3-6-1-8(14,4-11)7(13)9(15,2-6)5-12/h1,3-5,7,13-15H,2H2. The molecule has 0 bridgehead atoms. The van der Waals surface area contributed by atoms with E-state index in [0.717, 1.165) is 6.08 Å². The van der Waals surface area contributed by atoms with Crippen molar-refractivity contribution in [1.29, 1.82) is 0 Å². The Morgan fingerprint density at radius 2 is 1.87 bits per heavy atom. The van der Waals surface area contributed by atoms with Gasteiger partial charge in [-0.15, -0.1) is 0 Å². The van der Waals surface area contributed by atoms with Crippen LogP contribution in [0.4, 0.5) is 0 Å². The van der Waals surface area contributed by atoms with Crippen molar-refractivity contribution >= 4 is 18.9 Å². The van der Waals surface area contributed by atoms with Crippen molar-refractivity contribution in [3.8, 4) is 0 Å². The van der Waals surface area contributed by atoms with Crippen LogP contribution in [0, 0.1) is 0 Å². The molecule has 82 valence electrons. The fourth-order valence-electron chi connectivity index (χ4n) is 1.53. The molecule has 0 amide bonds. The number of aliphatic hydroxyl groups excluding tert-OH is 1. The van der Waals surface area contributed by atoms with Crippen LogP contribution in [0.2, 0.25) is 0 Å². The lowest BCUT2D eigenvalue weighted by Gasteiger charge is -2.38. The zero-order valence-corrected chi connectivity index (χ0v) is 7.66. The summed E-state index contributed by atoms with van der Waals surface area (Å²) in [6.07, 6.45) is -1.32. The molecule has 0 aromatic rings. The van der Waals surface area contributed by atoms with Gasteiger partial charge in [-0.1, -0.05) is 0 Å². The van der Waals surface area contributed by atoms with Crippen molar-refractivity contribution in [2.24, 2.45) is 0 Å². The van der Waals surface area contributed by atoms with Crippen LogP contribution in [0.1, 0.15) is 6.42 Å². The summed E-state index contributed by atoms with van der Waals surface area (Å²) in [7, 11) is 0. The molecule has 1 rings (SSSR count). The Bertz CT molecular complexity index is 335. The van der Waals surface area contributed by atoms with Crippen LogP contribution >= 0.6 is 0 Å². The third-order valence-electron chi connectivity index (χ3n) is 2.36. The summed E-state index contributed by atoms with van der Waals surface area (Å²) in [6.45, 7) is 0. The molecule has 3 unspecified atom stereocenters. The maximum atomic E-state index is 10.6. The minimum absolute atomic E-state index is 0.00262. The first kappa shape index (κ1) is 11.7. The predicted molar refractivity (Wildman–Crippen MR) is 46.8 cm³/mol. The molecule has 3 atom stereocenters. The van der Waals surface area contributed by atoms with Gasteiger partial charge in [0.2, 0.25) is 0 Å². The number of aldehydes is 3. The molecule has 0 fully saturated rings. The summed E-state index contributed by atoms with van der Waals surface area (Å²) in [5.41, 5.74) is -4.85. The molecule has 6 heteroatoms. The van der Waals surface area contributed by atoms with Crippen LogP contribution in [-0.4, -0.2) is 51.5 Å². The molecule has 0 saturated carbocycles. The van der Waals surface area contributed by atoms with E-state index in [2.05, 4.69) is 0 Å². The zero-order chi connectivity index (χ0) is 11.7. The molecule has 6 nitrogen and oxygen atoms in total. The summed E-state index contributed by atoms with van der Waals surface area (Å²) < 4.78 is 0. The first-order chi connectivity index (χ1) is 6.91. The van der Waals surface area contributed by atoms with Crippen LogP contribution in [0.5, 0.6) is 0 Å². The minimum atomic E-state index is -2.41. The fraction of sp³-hybridized carbons (Fsp3) is 0.444. The van der Waals surface area contributed by atoms with E-state index in [1.165, 1.54) is 0 Å². The van der Waals surface area contributed by atoms with Gasteiger partial charge in [0.25, 0.3) is 0 Å². The first-order valence-electron chi connectivity index (χ1n) is 4.14. The van der Waals surface area contributed by atoms with Gasteiger partial charge in [0, 0.05) is 6.42 Å². The van der Waals surface area contributed by atoms with E-state index in [-0.39, 0.29) is 18.1 Å². The predicted octanol–water partition coefficient (Wildman–Crippen LogP) is -2.26. The van der Waals surface area contributed by atoms with Crippen molar-refractivity contribution in [2.45, 2.75) is 23.7 Å². The van der Waals surface area contributed by atoms with E-state index in [1.54, 1.807) is 0 Å². The Balaban J connectivity index is 3.26. The summed E-state index contributed by atoms with van der Waals surface area (Å²) in [5.74, 6) is 0. The Morgan fingerprint density at radius 3 is 2.27 bits per heavy atom. The molecule has 1 aliphatic carbocycles. The van der Waals surface area contributed by atoms with Crippen molar-refractivity contribution < 1.29 is 29.7 Å². The van der Waals surface area contributed by atoms with E-state index in [0.29, 0.717) is 6.29 Å². The number of hydrogen-bond donors (Lipinski definition) is 3. The second-order valence-electron chi connectivity index (χ2n) is 3.53. The van der Waals surface area contributed by atoms with Gasteiger partial charge in [-0.05, 0) is 11.6 Å². The highest BCUT2D eigenvalue weighted by molar-refractivity contribution is 5.83. The van der Waals surface area contributed by atoms with E-state index in [4.69, 9.17) is 0 Å². The van der Waals surface area contributed by atoms with Gasteiger partial charge in [0.1, 0.15) is 12.4 Å². The van der Waals surface area contributed by atoms with Gasteiger partial charge in [-0.2, -0.15) is 0 Å². The number of carbonyl (C=O) groups excluding carboxylic acids is 3. The molecule has 0 heterocycles. The molecule has 0 aliphatic heterocycles. The van der Waals surface area contributed by atoms with Crippen molar-refractivity contribution in [3.63, 3.8) is 0 Å². The second-order valence-corrected chi connectivity index (χ2v) is 3.53. The monoisotopic (exact) mass is 214 g/mol. The molecular formula is C9H10O6. The number of carbonyl (C=O) groups is 3. The van der Waals surface area contributed by atoms with Crippen LogP contribution in [0.15, 0.2) is 11.6 Å². The van der Waals surface area contributed by atoms with Gasteiger partial charge in [-0.25, -0.2) is 0 Å². The van der Waals surface area contributed by atoms with Gasteiger partial charge in [0.15, 0.2) is 23.8 Å². The molecular weight excluding hydrogens is 204 g/mol. The lowest BCUT2D eigenvalue weighted by molar-refractivity contribution is -0.168. The number of rotatable bonds is 3. The van der Waals surface area contributed by atoms with Gasteiger partial charge in [-0.3, -0.25) is 9.59 Å². The molecule has 0 aromatic carbocycles. The zero-order valence-electron chi connectivity index (χ0n) is 7.66. The van der Waals surface area contributed by atoms with Crippen LogP contribution in [-0.2, 0) is 14.4 Å². The second kappa shape index (κ2) is 3.65. The Morgan fingerprint density at radius 1 is 1.27 bits per heavy atom. The first-order valence-corrected chi connectivity index (χ1v) is 4.14. The summed E-state index contributed by atoms with van der Waals surface area (Å²) in [5, 5.41) is 28.6. The van der Waals surface area contributed by atoms with E-state index in [1.807, 2.05) is 0 Å². The Hall–Kier alpha value is -1.37. The minimum Gasteiger partial charge on any atom is -0.386 e. The maximum absolute atomic E-state index is 10.6. The average Bonchev–Trinajstić information content (AvgIpc) is 2.25. The third kappa shape index (κ3) is 1.74. The quantitative estimate of drug-likeness (QED) is 0.457. The number of aliphatic hydroxyl groups is 3. The lowest BCUT2D eigenvalue weighted by Crippen LogP contribution is -2.60. The topological polar surface area (TPSA) is 112 Å². The highest BCUT2D eigenvalue weighted by atomic mass is 16.4. The summed E-state index contributed by atoms with van der Waals surface area (Å²) >= 11 is 0. The molecule has 0 aromatic heterocycles. The highest BCUT2D eigenvalue weighted by Gasteiger charge is 2.51. The smallest absolute Gasteiger partial charge is 0.167 e. The molecule has 1 aliphatic rings. The molecule has 0 saturated heterocycles. The highest BCUT2D eigenvalue weighted by Crippen LogP contribution is 2.31. The van der Waals surface area contributed by atoms with E-state index in [9.17, 15) is 29.7 Å². The normalized spacial score (nSPS) is 40.5. The van der Waals surface area contributed by atoms with Crippen LogP contribution in [0.3, 0.4) is 0 Å². The van der Waals surface area contributed by atoms with Crippen molar-refractivity contribution in [3.05, 3.63) is 11.6 Å². The van der Waals surface area contributed by atoms with E-state index < -0.39 is 23.7 Å². The maximum Gasteiger partial charge on any atom is 0.167 e. The molecule has 0 radical (unpaired) electrons. The molecule has 15 heavy (non-hydrogen) atoms. The average molecular weight is 214 g/mol. The molecule has 3 N–H and O–H groups in total. The number of hydrogen-bond acceptors (Lipinski definition) is 6. The van der Waals surface area contributed by atoms with Crippen molar-refractivity contribution in [2.75, 3.05) is 0 Å². The van der Waals surface area contributed by atoms with Crippen LogP contribution in [0.25, 0.3) is 0 Å². The van der Waals surface area contributed by atoms with E-state index >= 15 is 0 Å². The third-order valence-corrected chi connectivity index (χ3v) is 2.36. The largest absolute Gasteiger partial charge is 0.386 e. The van der Waals surface area contributed by atoms with Crippen molar-refractivity contribution in [1.82, 2.24) is 0 Å². The van der Waals surface area contributed by atoms with Crippen LogP contribution < -0.4 is 0 Å². The summed E-state index contributed by atoms with van der Waals surface area (Å²) in [4.78, 5) is 31.6. The molecule has 0 spiro atoms. The SMILES string of the molecule is O=CC1=CC(O)(C=O)C(O)C(O)(C=O)C1.